The second-order valence-corrected chi connectivity index (χ2v) is 18.5. The maximum absolute atomic E-state index is 12.6. The van der Waals surface area contributed by atoms with Gasteiger partial charge in [0, 0.05) is 25.0 Å². The molecule has 1 spiro atoms. The summed E-state index contributed by atoms with van der Waals surface area (Å²) in [6, 6.07) is 17.5. The van der Waals surface area contributed by atoms with Crippen molar-refractivity contribution in [3.8, 4) is 11.1 Å². The summed E-state index contributed by atoms with van der Waals surface area (Å²) in [5.41, 5.74) is 10.1. The van der Waals surface area contributed by atoms with Crippen LogP contribution in [0.2, 0.25) is 0 Å². The molecule has 53 heavy (non-hydrogen) atoms. The van der Waals surface area contributed by atoms with E-state index in [0.29, 0.717) is 31.2 Å². The van der Waals surface area contributed by atoms with Crippen molar-refractivity contribution in [3.63, 3.8) is 0 Å². The molecule has 0 bridgehead atoms. The van der Waals surface area contributed by atoms with Gasteiger partial charge in [-0.1, -0.05) is 92.4 Å². The predicted molar refractivity (Wildman–Crippen MR) is 211 cm³/mol. The molecule has 2 aromatic carbocycles. The summed E-state index contributed by atoms with van der Waals surface area (Å²) in [5, 5.41) is 13.5. The Bertz CT molecular complexity index is 1720. The van der Waals surface area contributed by atoms with Crippen LogP contribution in [0.3, 0.4) is 0 Å². The topological polar surface area (TPSA) is 71.0 Å². The van der Waals surface area contributed by atoms with Gasteiger partial charge in [-0.3, -0.25) is 4.90 Å². The van der Waals surface area contributed by atoms with Gasteiger partial charge in [-0.05, 0) is 141 Å². The molecule has 2 heterocycles. The first-order valence-electron chi connectivity index (χ1n) is 21.3. The van der Waals surface area contributed by atoms with Crippen LogP contribution in [-0.4, -0.2) is 66.2 Å². The van der Waals surface area contributed by atoms with Crippen molar-refractivity contribution in [2.45, 2.75) is 134 Å². The number of hydrogen-bond acceptors (Lipinski definition) is 5. The summed E-state index contributed by atoms with van der Waals surface area (Å²) in [7, 11) is 0. The van der Waals surface area contributed by atoms with Crippen molar-refractivity contribution < 1.29 is 19.4 Å². The maximum Gasteiger partial charge on any atom is 0.407 e. The number of aliphatic hydroxyl groups is 1. The van der Waals surface area contributed by atoms with Gasteiger partial charge in [0.15, 0.2) is 0 Å². The first kappa shape index (κ1) is 35.8. The number of nitrogens with zero attached hydrogens (tertiary/aromatic N) is 1. The van der Waals surface area contributed by atoms with E-state index in [2.05, 4.69) is 85.6 Å². The molecule has 9 rings (SSSR count). The molecule has 1 amide bonds. The van der Waals surface area contributed by atoms with E-state index >= 15 is 0 Å². The molecule has 6 nitrogen and oxygen atoms in total. The summed E-state index contributed by atoms with van der Waals surface area (Å²) >= 11 is 0. The van der Waals surface area contributed by atoms with Gasteiger partial charge in [0.25, 0.3) is 0 Å². The average molecular weight is 719 g/mol. The number of piperidine rings is 1. The van der Waals surface area contributed by atoms with Gasteiger partial charge < -0.3 is 19.9 Å². The van der Waals surface area contributed by atoms with Crippen LogP contribution in [0.5, 0.6) is 0 Å². The van der Waals surface area contributed by atoms with Crippen LogP contribution in [0.1, 0.15) is 121 Å². The number of likely N-dealkylation sites (tertiary alicyclic amines) is 1. The minimum absolute atomic E-state index is 0.0678. The third-order valence-corrected chi connectivity index (χ3v) is 15.6. The minimum atomic E-state index is -0.310. The number of unbranched alkanes of at least 4 members (excludes halogenated alkanes) is 3. The van der Waals surface area contributed by atoms with Gasteiger partial charge in [0.05, 0.1) is 17.8 Å². The maximum atomic E-state index is 12.6. The fraction of sp³-hybridized carbons (Fsp3) is 0.638. The monoisotopic (exact) mass is 718 g/mol. The molecule has 2 N–H and O–H groups in total. The zero-order chi connectivity index (χ0) is 36.3. The van der Waals surface area contributed by atoms with E-state index in [0.717, 1.165) is 56.4 Å². The number of nitrogens with one attached hydrogen (secondary N) is 1. The number of alkyl carbamates (subject to hydrolysis) is 1. The molecule has 2 aliphatic heterocycles. The van der Waals surface area contributed by atoms with Gasteiger partial charge in [-0.2, -0.15) is 0 Å². The van der Waals surface area contributed by atoms with Crippen LogP contribution in [0, 0.1) is 29.1 Å². The lowest BCUT2D eigenvalue weighted by Gasteiger charge is -2.49. The Morgan fingerprint density at radius 3 is 2.55 bits per heavy atom. The van der Waals surface area contributed by atoms with Crippen LogP contribution in [0.4, 0.5) is 4.79 Å². The highest BCUT2D eigenvalue weighted by Gasteiger charge is 2.58. The number of rotatable bonds is 9. The van der Waals surface area contributed by atoms with Gasteiger partial charge in [0.2, 0.25) is 0 Å². The average Bonchev–Trinajstić information content (AvgIpc) is 3.83. The van der Waals surface area contributed by atoms with Crippen LogP contribution in [0.15, 0.2) is 71.3 Å². The zero-order valence-electron chi connectivity index (χ0n) is 32.5. The third kappa shape index (κ3) is 6.33. The van der Waals surface area contributed by atoms with Crippen molar-refractivity contribution in [1.29, 1.82) is 0 Å². The Labute approximate surface area is 317 Å². The van der Waals surface area contributed by atoms with Gasteiger partial charge in [-0.15, -0.1) is 0 Å². The van der Waals surface area contributed by atoms with E-state index in [4.69, 9.17) is 9.47 Å². The summed E-state index contributed by atoms with van der Waals surface area (Å²) in [6.07, 6.45) is 17.2. The summed E-state index contributed by atoms with van der Waals surface area (Å²) in [6.45, 7) is 10.8. The van der Waals surface area contributed by atoms with Gasteiger partial charge in [0.1, 0.15) is 6.61 Å². The highest BCUT2D eigenvalue weighted by molar-refractivity contribution is 5.79. The molecule has 4 fully saturated rings. The largest absolute Gasteiger partial charge is 0.449 e. The predicted octanol–water partition coefficient (Wildman–Crippen LogP) is 9.57. The first-order chi connectivity index (χ1) is 25.7. The Kier molecular flexibility index (Phi) is 9.64. The Morgan fingerprint density at radius 1 is 1.00 bits per heavy atom. The lowest BCUT2D eigenvalue weighted by atomic mass is 9.56. The number of hydrogen-bond donors (Lipinski definition) is 2. The third-order valence-electron chi connectivity index (χ3n) is 15.6. The number of amides is 1. The van der Waals surface area contributed by atoms with Gasteiger partial charge >= 0.3 is 6.09 Å². The normalized spacial score (nSPS) is 35.9. The van der Waals surface area contributed by atoms with Crippen molar-refractivity contribution in [3.05, 3.63) is 82.5 Å². The van der Waals surface area contributed by atoms with Crippen molar-refractivity contribution in [2.24, 2.45) is 29.1 Å². The van der Waals surface area contributed by atoms with E-state index in [9.17, 15) is 9.90 Å². The van der Waals surface area contributed by atoms with Crippen molar-refractivity contribution in [2.75, 3.05) is 26.2 Å². The molecule has 6 heteroatoms. The molecule has 2 aromatic rings. The fourth-order valence-electron chi connectivity index (χ4n) is 12.8. The molecule has 0 radical (unpaired) electrons. The minimum Gasteiger partial charge on any atom is -0.449 e. The van der Waals surface area contributed by atoms with E-state index in [-0.39, 0.29) is 29.1 Å². The second kappa shape index (κ2) is 14.3. The smallest absolute Gasteiger partial charge is 0.407 e. The van der Waals surface area contributed by atoms with Crippen molar-refractivity contribution >= 4 is 6.09 Å². The van der Waals surface area contributed by atoms with E-state index in [1.807, 2.05) is 0 Å². The standard InChI is InChI=1S/C47H62N2O4/c1-30-24-44-43(27-47(53-44)21-19-38-39-17-16-32-25-33(50)18-20-46(32,3)42(39)26-40(38)31(47)2)49(28-30)23-11-5-4-10-22-48-45(51)52-29-41-36-14-8-6-12-34(36)35-13-7-9-15-37(35)41/h6-9,12-16,30,33,38-39,41-44,50H,4-5,10-11,17-29H2,1-3H3,(H,48,51)/t30-,33?,38-,39-,42-,43?,44+,46-,47+/m0/s1. The Morgan fingerprint density at radius 2 is 1.75 bits per heavy atom. The number of carbonyl (C=O) groups is 1. The zero-order valence-corrected chi connectivity index (χ0v) is 32.5. The molecular formula is C47H62N2O4. The van der Waals surface area contributed by atoms with E-state index < -0.39 is 0 Å². The number of fused-ring (bicyclic) bond motifs is 9. The van der Waals surface area contributed by atoms with Gasteiger partial charge in [-0.25, -0.2) is 4.79 Å². The molecule has 0 aromatic heterocycles. The number of aliphatic hydroxyl groups excluding tert-OH is 1. The highest BCUT2D eigenvalue weighted by atomic mass is 16.5. The highest BCUT2D eigenvalue weighted by Crippen LogP contribution is 2.64. The molecule has 5 aliphatic carbocycles. The van der Waals surface area contributed by atoms with Crippen molar-refractivity contribution in [1.82, 2.24) is 10.2 Å². The number of benzene rings is 2. The number of allylic oxidation sites excluding steroid dienone is 2. The van der Waals surface area contributed by atoms with E-state index in [1.54, 1.807) is 16.7 Å². The molecule has 9 atom stereocenters. The summed E-state index contributed by atoms with van der Waals surface area (Å²) in [4.78, 5) is 15.4. The molecule has 7 aliphatic rings. The Hall–Kier alpha value is -2.93. The van der Waals surface area contributed by atoms with Crippen LogP contribution < -0.4 is 5.32 Å². The second-order valence-electron chi connectivity index (χ2n) is 18.5. The quantitative estimate of drug-likeness (QED) is 0.200. The molecule has 2 unspecified atom stereocenters. The van der Waals surface area contributed by atoms with Crippen LogP contribution in [0.25, 0.3) is 11.1 Å². The number of ether oxygens (including phenoxy) is 2. The fourth-order valence-corrected chi connectivity index (χ4v) is 12.8. The molecule has 2 saturated heterocycles. The SMILES string of the molecule is CC1=C2C[C@H]3[C@@H](CC=C4CC(O)CC[C@@]43C)[C@@H]2CC[C@@]12CC1[C@@H](C[C@H](C)CN1CCCCCCNC(=O)OCC1c3ccccc3-c3ccccc31)O2. The van der Waals surface area contributed by atoms with Crippen LogP contribution >= 0.6 is 0 Å². The molecular weight excluding hydrogens is 657 g/mol. The Balaban J connectivity index is 0.744. The molecule has 2 saturated carbocycles. The first-order valence-corrected chi connectivity index (χ1v) is 21.3. The summed E-state index contributed by atoms with van der Waals surface area (Å²) < 4.78 is 13.0. The van der Waals surface area contributed by atoms with E-state index in [1.165, 1.54) is 80.2 Å². The lowest BCUT2D eigenvalue weighted by molar-refractivity contribution is -0.0611. The van der Waals surface area contributed by atoms with Crippen LogP contribution in [-0.2, 0) is 9.47 Å². The summed E-state index contributed by atoms with van der Waals surface area (Å²) in [5.74, 6) is 2.99. The number of carbonyl (C=O) groups excluding carboxylic acids is 1. The molecule has 284 valence electrons. The lowest BCUT2D eigenvalue weighted by Crippen LogP contribution is -2.49.